The molecule has 19 heavy (non-hydrogen) atoms. The Bertz CT molecular complexity index is 578. The highest BCUT2D eigenvalue weighted by atomic mass is 79.9. The van der Waals surface area contributed by atoms with E-state index in [2.05, 4.69) is 28.1 Å². The number of Topliss-reactive ketones (excluding diaryl/α,β-unsaturated/α-hetero) is 1. The molecule has 0 aromatic heterocycles. The van der Waals surface area contributed by atoms with E-state index in [1.165, 1.54) is 5.39 Å². The van der Waals surface area contributed by atoms with Crippen LogP contribution in [0.2, 0.25) is 0 Å². The molecule has 0 amide bonds. The highest BCUT2D eigenvalue weighted by molar-refractivity contribution is 9.10. The Balaban J connectivity index is 1.94. The molecule has 2 aromatic carbocycles. The van der Waals surface area contributed by atoms with Gasteiger partial charge in [-0.1, -0.05) is 35.0 Å². The lowest BCUT2D eigenvalue weighted by Crippen LogP contribution is -2.02. The first-order chi connectivity index (χ1) is 9.19. The van der Waals surface area contributed by atoms with Crippen molar-refractivity contribution < 1.29 is 9.53 Å². The van der Waals surface area contributed by atoms with Gasteiger partial charge in [-0.25, -0.2) is 0 Å². The summed E-state index contributed by atoms with van der Waals surface area (Å²) >= 11 is 3.46. The summed E-state index contributed by atoms with van der Waals surface area (Å²) in [5, 5.41) is 2.34. The number of carbonyl (C=O) groups is 1. The monoisotopic (exact) mass is 320 g/mol. The first-order valence-electron chi connectivity index (χ1n) is 6.53. The fraction of sp³-hybridized carbons (Fsp3) is 0.312. The normalized spacial score (nSPS) is 10.6. The van der Waals surface area contributed by atoms with Crippen LogP contribution in [0.5, 0.6) is 5.75 Å². The topological polar surface area (TPSA) is 26.3 Å². The van der Waals surface area contributed by atoms with E-state index in [9.17, 15) is 4.79 Å². The van der Waals surface area contributed by atoms with E-state index in [1.54, 1.807) is 0 Å². The largest absolute Gasteiger partial charge is 0.494 e. The van der Waals surface area contributed by atoms with Crippen LogP contribution in [0.15, 0.2) is 40.9 Å². The lowest BCUT2D eigenvalue weighted by molar-refractivity contribution is -0.118. The van der Waals surface area contributed by atoms with Gasteiger partial charge in [0.25, 0.3) is 0 Å². The average molecular weight is 321 g/mol. The summed E-state index contributed by atoms with van der Waals surface area (Å²) in [5.74, 6) is 1.16. The van der Waals surface area contributed by atoms with Gasteiger partial charge < -0.3 is 4.74 Å². The minimum atomic E-state index is 0.298. The van der Waals surface area contributed by atoms with Gasteiger partial charge in [0, 0.05) is 17.3 Å². The van der Waals surface area contributed by atoms with Gasteiger partial charge in [0.1, 0.15) is 11.5 Å². The molecule has 2 aromatic rings. The van der Waals surface area contributed by atoms with E-state index in [0.29, 0.717) is 25.2 Å². The van der Waals surface area contributed by atoms with Crippen molar-refractivity contribution >= 4 is 32.5 Å². The van der Waals surface area contributed by atoms with Crippen LogP contribution in [-0.2, 0) is 4.79 Å². The van der Waals surface area contributed by atoms with E-state index in [-0.39, 0.29) is 0 Å². The number of carbonyl (C=O) groups excluding carboxylic acids is 1. The van der Waals surface area contributed by atoms with Crippen LogP contribution in [-0.4, -0.2) is 12.4 Å². The zero-order valence-electron chi connectivity index (χ0n) is 11.0. The van der Waals surface area contributed by atoms with Gasteiger partial charge in [-0.15, -0.1) is 0 Å². The van der Waals surface area contributed by atoms with Gasteiger partial charge in [-0.05, 0) is 41.5 Å². The summed E-state index contributed by atoms with van der Waals surface area (Å²) in [6.45, 7) is 2.48. The SMILES string of the molecule is CCC(=O)CCCOc1ccc2cc(Br)ccc2c1. The number of ketones is 1. The van der Waals surface area contributed by atoms with Crippen molar-refractivity contribution in [3.05, 3.63) is 40.9 Å². The Morgan fingerprint density at radius 3 is 2.68 bits per heavy atom. The summed E-state index contributed by atoms with van der Waals surface area (Å²) < 4.78 is 6.75. The van der Waals surface area contributed by atoms with Crippen molar-refractivity contribution in [3.8, 4) is 5.75 Å². The van der Waals surface area contributed by atoms with E-state index in [0.717, 1.165) is 22.0 Å². The number of benzene rings is 2. The highest BCUT2D eigenvalue weighted by Gasteiger charge is 2.00. The minimum absolute atomic E-state index is 0.298. The fourth-order valence-electron chi connectivity index (χ4n) is 1.92. The first kappa shape index (κ1) is 14.1. The van der Waals surface area contributed by atoms with Crippen LogP contribution in [0.4, 0.5) is 0 Å². The second-order valence-corrected chi connectivity index (χ2v) is 5.41. The summed E-state index contributed by atoms with van der Waals surface area (Å²) in [6.07, 6.45) is 2.01. The van der Waals surface area contributed by atoms with Crippen LogP contribution in [0.3, 0.4) is 0 Å². The highest BCUT2D eigenvalue weighted by Crippen LogP contribution is 2.24. The molecule has 0 aliphatic rings. The quantitative estimate of drug-likeness (QED) is 0.718. The van der Waals surface area contributed by atoms with E-state index in [1.807, 2.05) is 31.2 Å². The van der Waals surface area contributed by atoms with Gasteiger partial charge in [0.15, 0.2) is 0 Å². The Morgan fingerprint density at radius 2 is 1.89 bits per heavy atom. The molecule has 0 saturated heterocycles. The standard InChI is InChI=1S/C16H17BrO2/c1-2-15(18)4-3-9-19-16-8-6-12-10-14(17)7-5-13(12)11-16/h5-8,10-11H,2-4,9H2,1H3. The maximum Gasteiger partial charge on any atom is 0.132 e. The maximum atomic E-state index is 11.2. The van der Waals surface area contributed by atoms with Crippen molar-refractivity contribution in [1.29, 1.82) is 0 Å². The molecule has 2 nitrogen and oxygen atoms in total. The van der Waals surface area contributed by atoms with Crippen LogP contribution in [0.25, 0.3) is 10.8 Å². The number of hydrogen-bond donors (Lipinski definition) is 0. The zero-order chi connectivity index (χ0) is 13.7. The molecule has 0 N–H and O–H groups in total. The molecule has 0 saturated carbocycles. The van der Waals surface area contributed by atoms with Crippen LogP contribution in [0, 0.1) is 0 Å². The predicted octanol–water partition coefficient (Wildman–Crippen LogP) is 4.74. The van der Waals surface area contributed by atoms with E-state index in [4.69, 9.17) is 4.74 Å². The molecule has 100 valence electrons. The van der Waals surface area contributed by atoms with Gasteiger partial charge in [0.2, 0.25) is 0 Å². The molecule has 0 unspecified atom stereocenters. The minimum Gasteiger partial charge on any atom is -0.494 e. The molecule has 3 heteroatoms. The fourth-order valence-corrected chi connectivity index (χ4v) is 2.30. The van der Waals surface area contributed by atoms with Gasteiger partial charge in [-0.3, -0.25) is 4.79 Å². The Labute approximate surface area is 121 Å². The molecule has 0 bridgehead atoms. The Kier molecular flexibility index (Phi) is 4.97. The second kappa shape index (κ2) is 6.71. The lowest BCUT2D eigenvalue weighted by atomic mass is 10.1. The van der Waals surface area contributed by atoms with Crippen LogP contribution < -0.4 is 4.74 Å². The molecule has 0 aliphatic heterocycles. The number of hydrogen-bond acceptors (Lipinski definition) is 2. The number of fused-ring (bicyclic) bond motifs is 1. The summed E-state index contributed by atoms with van der Waals surface area (Å²) in [7, 11) is 0. The van der Waals surface area contributed by atoms with Gasteiger partial charge >= 0.3 is 0 Å². The molecule has 0 spiro atoms. The third kappa shape index (κ3) is 4.06. The Morgan fingerprint density at radius 1 is 1.16 bits per heavy atom. The molecular weight excluding hydrogens is 304 g/mol. The Hall–Kier alpha value is -1.35. The second-order valence-electron chi connectivity index (χ2n) is 4.50. The third-order valence-corrected chi connectivity index (χ3v) is 3.53. The van der Waals surface area contributed by atoms with Gasteiger partial charge in [-0.2, -0.15) is 0 Å². The summed E-state index contributed by atoms with van der Waals surface area (Å²) in [5.41, 5.74) is 0. The molecule has 0 aliphatic carbocycles. The number of halogens is 1. The molecule has 0 radical (unpaired) electrons. The number of rotatable bonds is 6. The molecule has 2 rings (SSSR count). The third-order valence-electron chi connectivity index (χ3n) is 3.04. The van der Waals surface area contributed by atoms with Crippen molar-refractivity contribution in [2.45, 2.75) is 26.2 Å². The van der Waals surface area contributed by atoms with Crippen molar-refractivity contribution in [2.24, 2.45) is 0 Å². The summed E-state index contributed by atoms with van der Waals surface area (Å²) in [4.78, 5) is 11.2. The van der Waals surface area contributed by atoms with Crippen LogP contribution in [0.1, 0.15) is 26.2 Å². The van der Waals surface area contributed by atoms with Crippen molar-refractivity contribution in [1.82, 2.24) is 0 Å². The maximum absolute atomic E-state index is 11.2. The molecule has 0 fully saturated rings. The number of ether oxygens (including phenoxy) is 1. The van der Waals surface area contributed by atoms with E-state index < -0.39 is 0 Å². The van der Waals surface area contributed by atoms with Gasteiger partial charge in [0.05, 0.1) is 6.61 Å². The average Bonchev–Trinajstić information content (AvgIpc) is 2.43. The smallest absolute Gasteiger partial charge is 0.132 e. The van der Waals surface area contributed by atoms with Crippen molar-refractivity contribution in [2.75, 3.05) is 6.61 Å². The lowest BCUT2D eigenvalue weighted by Gasteiger charge is -2.07. The zero-order valence-corrected chi connectivity index (χ0v) is 12.6. The van der Waals surface area contributed by atoms with E-state index >= 15 is 0 Å². The molecular formula is C16H17BrO2. The molecule has 0 atom stereocenters. The predicted molar refractivity (Wildman–Crippen MR) is 81.7 cm³/mol. The van der Waals surface area contributed by atoms with Crippen molar-refractivity contribution in [3.63, 3.8) is 0 Å². The molecule has 0 heterocycles. The van der Waals surface area contributed by atoms with Crippen LogP contribution >= 0.6 is 15.9 Å². The first-order valence-corrected chi connectivity index (χ1v) is 7.32. The summed E-state index contributed by atoms with van der Waals surface area (Å²) in [6, 6.07) is 12.2.